The van der Waals surface area contributed by atoms with E-state index in [1.54, 1.807) is 0 Å². The molecule has 0 amide bonds. The van der Waals surface area contributed by atoms with Crippen molar-refractivity contribution >= 4 is 50.2 Å². The van der Waals surface area contributed by atoms with Crippen molar-refractivity contribution in [2.24, 2.45) is 0 Å². The molecule has 0 unspecified atom stereocenters. The highest BCUT2D eigenvalue weighted by Gasteiger charge is 2.38. The van der Waals surface area contributed by atoms with E-state index < -0.39 is 0 Å². The molecule has 6 aromatic carbocycles. The summed E-state index contributed by atoms with van der Waals surface area (Å²) in [4.78, 5) is 2.46. The third-order valence-electron chi connectivity index (χ3n) is 7.88. The standard InChI is InChI=1S/C35H26ClN/c1-35(2)30-13-7-8-14-32(30)37(33-20-18-27(36)22-31(33)35)34-28-12-6-5-10-24(28)17-19-29(34)26-16-15-23-9-3-4-11-25(23)21-26/h3-22H,1-2H3. The number of anilines is 3. The van der Waals surface area contributed by atoms with Gasteiger partial charge in [-0.25, -0.2) is 0 Å². The third kappa shape index (κ3) is 3.38. The van der Waals surface area contributed by atoms with Gasteiger partial charge in [0.15, 0.2) is 0 Å². The lowest BCUT2D eigenvalue weighted by molar-refractivity contribution is 0.632. The Labute approximate surface area is 222 Å². The number of hydrogen-bond donors (Lipinski definition) is 0. The molecule has 0 aromatic heterocycles. The second-order valence-corrected chi connectivity index (χ2v) is 10.8. The quantitative estimate of drug-likeness (QED) is 0.231. The fourth-order valence-electron chi connectivity index (χ4n) is 6.00. The molecule has 1 aliphatic heterocycles. The highest BCUT2D eigenvalue weighted by molar-refractivity contribution is 6.30. The SMILES string of the molecule is CC1(C)c2ccccc2N(c2c(-c3ccc4ccccc4c3)ccc3ccccc23)c2ccc(Cl)cc21. The molecule has 0 saturated carbocycles. The van der Waals surface area contributed by atoms with Gasteiger partial charge in [0.1, 0.15) is 0 Å². The zero-order chi connectivity index (χ0) is 25.1. The predicted molar refractivity (Wildman–Crippen MR) is 159 cm³/mol. The van der Waals surface area contributed by atoms with E-state index in [4.69, 9.17) is 11.6 Å². The second kappa shape index (κ2) is 8.23. The van der Waals surface area contributed by atoms with Crippen LogP contribution >= 0.6 is 11.6 Å². The van der Waals surface area contributed by atoms with E-state index in [2.05, 4.69) is 134 Å². The van der Waals surface area contributed by atoms with Crippen molar-refractivity contribution in [3.63, 3.8) is 0 Å². The summed E-state index contributed by atoms with van der Waals surface area (Å²) in [5, 5.41) is 5.70. The Bertz CT molecular complexity index is 1830. The molecular weight excluding hydrogens is 470 g/mol. The zero-order valence-corrected chi connectivity index (χ0v) is 21.6. The maximum atomic E-state index is 6.58. The molecule has 0 saturated heterocycles. The van der Waals surface area contributed by atoms with Crippen molar-refractivity contribution in [2.45, 2.75) is 19.3 Å². The van der Waals surface area contributed by atoms with Crippen LogP contribution in [0.3, 0.4) is 0 Å². The van der Waals surface area contributed by atoms with Crippen LogP contribution in [0.2, 0.25) is 5.02 Å². The van der Waals surface area contributed by atoms with E-state index >= 15 is 0 Å². The van der Waals surface area contributed by atoms with E-state index in [0.717, 1.165) is 5.02 Å². The highest BCUT2D eigenvalue weighted by atomic mass is 35.5. The number of halogens is 1. The number of benzene rings is 6. The van der Waals surface area contributed by atoms with Crippen LogP contribution in [0, 0.1) is 0 Å². The molecule has 178 valence electrons. The number of rotatable bonds is 2. The summed E-state index contributed by atoms with van der Waals surface area (Å²) in [5.74, 6) is 0. The summed E-state index contributed by atoms with van der Waals surface area (Å²) >= 11 is 6.58. The zero-order valence-electron chi connectivity index (χ0n) is 20.9. The molecule has 1 heterocycles. The minimum Gasteiger partial charge on any atom is -0.309 e. The van der Waals surface area contributed by atoms with Crippen molar-refractivity contribution in [2.75, 3.05) is 4.90 Å². The lowest BCUT2D eigenvalue weighted by Crippen LogP contribution is -2.30. The van der Waals surface area contributed by atoms with E-state index in [1.807, 2.05) is 6.07 Å². The molecule has 0 N–H and O–H groups in total. The lowest BCUT2D eigenvalue weighted by atomic mass is 9.73. The minimum atomic E-state index is -0.180. The van der Waals surface area contributed by atoms with E-state index in [9.17, 15) is 0 Å². The fourth-order valence-corrected chi connectivity index (χ4v) is 6.17. The summed E-state index contributed by atoms with van der Waals surface area (Å²) in [6.07, 6.45) is 0. The number of hydrogen-bond acceptors (Lipinski definition) is 1. The Balaban J connectivity index is 1.60. The van der Waals surface area contributed by atoms with Gasteiger partial charge in [-0.05, 0) is 63.2 Å². The van der Waals surface area contributed by atoms with Gasteiger partial charge >= 0.3 is 0 Å². The van der Waals surface area contributed by atoms with Gasteiger partial charge in [-0.1, -0.05) is 116 Å². The first-order valence-electron chi connectivity index (χ1n) is 12.7. The largest absolute Gasteiger partial charge is 0.309 e. The molecule has 37 heavy (non-hydrogen) atoms. The van der Waals surface area contributed by atoms with Crippen LogP contribution in [0.15, 0.2) is 121 Å². The molecule has 0 aliphatic carbocycles. The minimum absolute atomic E-state index is 0.180. The summed E-state index contributed by atoms with van der Waals surface area (Å²) in [7, 11) is 0. The molecule has 0 spiro atoms. The Hall–Kier alpha value is -4.07. The summed E-state index contributed by atoms with van der Waals surface area (Å²) in [6.45, 7) is 4.59. The van der Waals surface area contributed by atoms with Crippen LogP contribution in [0.4, 0.5) is 17.1 Å². The Morgan fingerprint density at radius 2 is 1.24 bits per heavy atom. The maximum absolute atomic E-state index is 6.58. The van der Waals surface area contributed by atoms with Crippen LogP contribution in [0.25, 0.3) is 32.7 Å². The van der Waals surface area contributed by atoms with Crippen LogP contribution < -0.4 is 4.90 Å². The first kappa shape index (κ1) is 22.2. The molecule has 1 nitrogen and oxygen atoms in total. The van der Waals surface area contributed by atoms with Crippen LogP contribution in [0.5, 0.6) is 0 Å². The van der Waals surface area contributed by atoms with Gasteiger partial charge in [0, 0.05) is 21.4 Å². The van der Waals surface area contributed by atoms with Crippen LogP contribution in [-0.2, 0) is 5.41 Å². The average molecular weight is 496 g/mol. The molecule has 0 atom stereocenters. The molecule has 0 radical (unpaired) electrons. The van der Waals surface area contributed by atoms with Gasteiger partial charge in [0.05, 0.1) is 17.1 Å². The van der Waals surface area contributed by atoms with Gasteiger partial charge < -0.3 is 4.90 Å². The first-order valence-corrected chi connectivity index (χ1v) is 13.1. The summed E-state index contributed by atoms with van der Waals surface area (Å²) in [6, 6.07) is 43.7. The average Bonchev–Trinajstić information content (AvgIpc) is 2.93. The molecule has 0 bridgehead atoms. The number of nitrogens with zero attached hydrogens (tertiary/aromatic N) is 1. The number of para-hydroxylation sites is 1. The number of fused-ring (bicyclic) bond motifs is 4. The predicted octanol–water partition coefficient (Wildman–Crippen LogP) is 10.4. The van der Waals surface area contributed by atoms with Crippen molar-refractivity contribution in [1.82, 2.24) is 0 Å². The van der Waals surface area contributed by atoms with E-state index in [0.29, 0.717) is 0 Å². The molecule has 0 fully saturated rings. The normalized spacial score (nSPS) is 14.0. The highest BCUT2D eigenvalue weighted by Crippen LogP contribution is 2.55. The third-order valence-corrected chi connectivity index (χ3v) is 8.11. The second-order valence-electron chi connectivity index (χ2n) is 10.4. The van der Waals surface area contributed by atoms with Crippen molar-refractivity contribution < 1.29 is 0 Å². The smallest absolute Gasteiger partial charge is 0.0618 e. The van der Waals surface area contributed by atoms with Gasteiger partial charge in [-0.15, -0.1) is 0 Å². The van der Waals surface area contributed by atoms with Crippen molar-refractivity contribution in [1.29, 1.82) is 0 Å². The summed E-state index contributed by atoms with van der Waals surface area (Å²) in [5.41, 5.74) is 8.34. The van der Waals surface area contributed by atoms with Gasteiger partial charge in [-0.2, -0.15) is 0 Å². The van der Waals surface area contributed by atoms with E-state index in [-0.39, 0.29) is 5.41 Å². The molecule has 7 rings (SSSR count). The Kier molecular flexibility index (Phi) is 4.93. The van der Waals surface area contributed by atoms with Gasteiger partial charge in [0.25, 0.3) is 0 Å². The Morgan fingerprint density at radius 1 is 0.568 bits per heavy atom. The van der Waals surface area contributed by atoms with Crippen molar-refractivity contribution in [3.05, 3.63) is 137 Å². The first-order chi connectivity index (χ1) is 18.0. The molecular formula is C35H26ClN. The lowest BCUT2D eigenvalue weighted by Gasteiger charge is -2.43. The van der Waals surface area contributed by atoms with Gasteiger partial charge in [0.2, 0.25) is 0 Å². The van der Waals surface area contributed by atoms with Crippen LogP contribution in [-0.4, -0.2) is 0 Å². The monoisotopic (exact) mass is 495 g/mol. The summed E-state index contributed by atoms with van der Waals surface area (Å²) < 4.78 is 0. The maximum Gasteiger partial charge on any atom is 0.0618 e. The molecule has 1 aliphatic rings. The topological polar surface area (TPSA) is 3.24 Å². The molecule has 2 heteroatoms. The van der Waals surface area contributed by atoms with Gasteiger partial charge in [-0.3, -0.25) is 0 Å². The van der Waals surface area contributed by atoms with Crippen molar-refractivity contribution in [3.8, 4) is 11.1 Å². The Morgan fingerprint density at radius 3 is 2.11 bits per heavy atom. The molecule has 6 aromatic rings. The van der Waals surface area contributed by atoms with E-state index in [1.165, 1.54) is 60.9 Å². The van der Waals surface area contributed by atoms with Crippen LogP contribution in [0.1, 0.15) is 25.0 Å². The fraction of sp³-hybridized carbons (Fsp3) is 0.0857.